The van der Waals surface area contributed by atoms with Crippen molar-refractivity contribution in [2.75, 3.05) is 7.05 Å². The van der Waals surface area contributed by atoms with Crippen molar-refractivity contribution in [1.29, 1.82) is 0 Å². The van der Waals surface area contributed by atoms with Crippen LogP contribution in [-0.2, 0) is 6.42 Å². The molecule has 0 amide bonds. The summed E-state index contributed by atoms with van der Waals surface area (Å²) in [5.41, 5.74) is 5.58. The van der Waals surface area contributed by atoms with E-state index in [2.05, 4.69) is 47.2 Å². The van der Waals surface area contributed by atoms with Crippen LogP contribution >= 0.6 is 11.3 Å². The van der Waals surface area contributed by atoms with Gasteiger partial charge in [0.2, 0.25) is 0 Å². The summed E-state index contributed by atoms with van der Waals surface area (Å²) in [6.07, 6.45) is 5.61. The largest absolute Gasteiger partial charge is 0.312 e. The van der Waals surface area contributed by atoms with E-state index in [9.17, 15) is 0 Å². The van der Waals surface area contributed by atoms with Gasteiger partial charge in [0.05, 0.1) is 0 Å². The summed E-state index contributed by atoms with van der Waals surface area (Å²) >= 11 is 1.79. The first-order chi connectivity index (χ1) is 9.31. The number of hydrogen-bond donors (Lipinski definition) is 1. The first-order valence-electron chi connectivity index (χ1n) is 6.95. The molecule has 0 saturated carbocycles. The summed E-state index contributed by atoms with van der Waals surface area (Å²) in [5, 5.41) is 8.05. The minimum absolute atomic E-state index is 0.389. The number of pyridine rings is 1. The third kappa shape index (κ3) is 2.33. The highest BCUT2D eigenvalue weighted by Crippen LogP contribution is 2.40. The van der Waals surface area contributed by atoms with Crippen LogP contribution in [-0.4, -0.2) is 12.0 Å². The van der Waals surface area contributed by atoms with Crippen LogP contribution in [0.4, 0.5) is 0 Å². The van der Waals surface area contributed by atoms with E-state index >= 15 is 0 Å². The molecule has 1 aliphatic carbocycles. The van der Waals surface area contributed by atoms with Gasteiger partial charge in [0.1, 0.15) is 0 Å². The maximum atomic E-state index is 4.67. The lowest BCUT2D eigenvalue weighted by Gasteiger charge is -2.31. The van der Waals surface area contributed by atoms with Crippen LogP contribution in [0.1, 0.15) is 47.2 Å². The first kappa shape index (κ1) is 12.8. The van der Waals surface area contributed by atoms with Crippen molar-refractivity contribution in [3.05, 3.63) is 51.5 Å². The Morgan fingerprint density at radius 3 is 3.05 bits per heavy atom. The van der Waals surface area contributed by atoms with E-state index < -0.39 is 0 Å². The molecule has 0 saturated heterocycles. The number of aryl methyl sites for hydroxylation is 2. The average molecular weight is 272 g/mol. The van der Waals surface area contributed by atoms with Crippen molar-refractivity contribution >= 4 is 11.3 Å². The van der Waals surface area contributed by atoms with Crippen molar-refractivity contribution < 1.29 is 0 Å². The molecule has 1 aliphatic rings. The lowest BCUT2D eigenvalue weighted by atomic mass is 9.79. The molecule has 2 aromatic rings. The normalized spacial score (nSPS) is 20.0. The van der Waals surface area contributed by atoms with Crippen LogP contribution in [0, 0.1) is 6.92 Å². The Labute approximate surface area is 118 Å². The molecule has 0 radical (unpaired) electrons. The molecule has 0 aromatic carbocycles. The van der Waals surface area contributed by atoms with Crippen molar-refractivity contribution in [2.24, 2.45) is 0 Å². The van der Waals surface area contributed by atoms with Crippen molar-refractivity contribution in [1.82, 2.24) is 10.3 Å². The van der Waals surface area contributed by atoms with Gasteiger partial charge in [-0.1, -0.05) is 6.07 Å². The lowest BCUT2D eigenvalue weighted by Crippen LogP contribution is -2.27. The van der Waals surface area contributed by atoms with Gasteiger partial charge in [-0.25, -0.2) is 0 Å². The molecule has 2 heterocycles. The standard InChI is InChI=1S/C16H20N2S/c1-11-9-19-10-14(11)16(17-2)13-7-3-5-12-6-4-8-18-15(12)13/h4,6,8-10,13,16-17H,3,5,7H2,1-2H3. The van der Waals surface area contributed by atoms with Gasteiger partial charge in [0, 0.05) is 23.9 Å². The smallest absolute Gasteiger partial charge is 0.0485 e. The summed E-state index contributed by atoms with van der Waals surface area (Å²) in [5.74, 6) is 0.503. The fourth-order valence-electron chi connectivity index (χ4n) is 3.23. The maximum absolute atomic E-state index is 4.67. The van der Waals surface area contributed by atoms with Crippen LogP contribution in [0.2, 0.25) is 0 Å². The Morgan fingerprint density at radius 1 is 1.42 bits per heavy atom. The number of aromatic nitrogens is 1. The number of nitrogens with zero attached hydrogens (tertiary/aromatic N) is 1. The van der Waals surface area contributed by atoms with E-state index in [4.69, 9.17) is 0 Å². The Balaban J connectivity index is 2.00. The molecule has 0 fully saturated rings. The van der Waals surface area contributed by atoms with Gasteiger partial charge in [0.15, 0.2) is 0 Å². The second-order valence-corrected chi connectivity index (χ2v) is 6.07. The van der Waals surface area contributed by atoms with E-state index in [0.717, 1.165) is 0 Å². The molecule has 1 N–H and O–H groups in total. The van der Waals surface area contributed by atoms with Crippen LogP contribution in [0.15, 0.2) is 29.1 Å². The fraction of sp³-hybridized carbons (Fsp3) is 0.438. The predicted octanol–water partition coefficient (Wildman–Crippen LogP) is 3.83. The fourth-order valence-corrected chi connectivity index (χ4v) is 4.12. The molecule has 2 atom stereocenters. The van der Waals surface area contributed by atoms with Crippen molar-refractivity contribution in [2.45, 2.75) is 38.1 Å². The van der Waals surface area contributed by atoms with Gasteiger partial charge in [-0.3, -0.25) is 4.98 Å². The molecule has 0 aliphatic heterocycles. The van der Waals surface area contributed by atoms with Gasteiger partial charge >= 0.3 is 0 Å². The van der Waals surface area contributed by atoms with Crippen LogP contribution in [0.3, 0.4) is 0 Å². The van der Waals surface area contributed by atoms with Crippen LogP contribution in [0.5, 0.6) is 0 Å². The molecule has 2 nitrogen and oxygen atoms in total. The molecule has 19 heavy (non-hydrogen) atoms. The number of hydrogen-bond acceptors (Lipinski definition) is 3. The van der Waals surface area contributed by atoms with Gasteiger partial charge in [-0.2, -0.15) is 11.3 Å². The summed E-state index contributed by atoms with van der Waals surface area (Å²) in [7, 11) is 2.07. The van der Waals surface area contributed by atoms with Gasteiger partial charge in [-0.15, -0.1) is 0 Å². The summed E-state index contributed by atoms with van der Waals surface area (Å²) in [6.45, 7) is 2.21. The summed E-state index contributed by atoms with van der Waals surface area (Å²) in [4.78, 5) is 4.67. The minimum Gasteiger partial charge on any atom is -0.312 e. The average Bonchev–Trinajstić information content (AvgIpc) is 2.86. The Bertz CT molecular complexity index is 561. The number of fused-ring (bicyclic) bond motifs is 1. The third-order valence-corrected chi connectivity index (χ3v) is 5.06. The van der Waals surface area contributed by atoms with E-state index in [1.807, 2.05) is 6.20 Å². The second-order valence-electron chi connectivity index (χ2n) is 5.32. The van der Waals surface area contributed by atoms with E-state index in [-0.39, 0.29) is 0 Å². The highest BCUT2D eigenvalue weighted by molar-refractivity contribution is 7.08. The van der Waals surface area contributed by atoms with Crippen molar-refractivity contribution in [3.8, 4) is 0 Å². The quantitative estimate of drug-likeness (QED) is 0.918. The highest BCUT2D eigenvalue weighted by Gasteiger charge is 2.30. The predicted molar refractivity (Wildman–Crippen MR) is 80.8 cm³/mol. The third-order valence-electron chi connectivity index (χ3n) is 4.18. The molecule has 0 spiro atoms. The maximum Gasteiger partial charge on any atom is 0.0485 e. The zero-order valence-corrected chi connectivity index (χ0v) is 12.3. The molecule has 3 rings (SSSR count). The second kappa shape index (κ2) is 5.43. The van der Waals surface area contributed by atoms with Gasteiger partial charge in [0.25, 0.3) is 0 Å². The lowest BCUT2D eigenvalue weighted by molar-refractivity contribution is 0.415. The first-order valence-corrected chi connectivity index (χ1v) is 7.89. The Hall–Kier alpha value is -1.19. The molecule has 2 unspecified atom stereocenters. The topological polar surface area (TPSA) is 24.9 Å². The highest BCUT2D eigenvalue weighted by atomic mass is 32.1. The van der Waals surface area contributed by atoms with Gasteiger partial charge in [-0.05, 0) is 66.8 Å². The van der Waals surface area contributed by atoms with Crippen LogP contribution in [0.25, 0.3) is 0 Å². The van der Waals surface area contributed by atoms with Gasteiger partial charge < -0.3 is 5.32 Å². The molecular formula is C16H20N2S. The minimum atomic E-state index is 0.389. The molecule has 3 heteroatoms. The van der Waals surface area contributed by atoms with Crippen molar-refractivity contribution in [3.63, 3.8) is 0 Å². The van der Waals surface area contributed by atoms with E-state index in [1.54, 1.807) is 11.3 Å². The Morgan fingerprint density at radius 2 is 2.32 bits per heavy atom. The number of likely N-dealkylation sites (N-methyl/N-ethyl adjacent to an activating group) is 1. The molecule has 2 aromatic heterocycles. The zero-order chi connectivity index (χ0) is 13.2. The molecule has 100 valence electrons. The summed E-state index contributed by atoms with van der Waals surface area (Å²) in [6, 6.07) is 4.69. The monoisotopic (exact) mass is 272 g/mol. The summed E-state index contributed by atoms with van der Waals surface area (Å²) < 4.78 is 0. The van der Waals surface area contributed by atoms with E-state index in [0.29, 0.717) is 12.0 Å². The molecular weight excluding hydrogens is 252 g/mol. The zero-order valence-electron chi connectivity index (χ0n) is 11.5. The van der Waals surface area contributed by atoms with Crippen LogP contribution < -0.4 is 5.32 Å². The molecule has 0 bridgehead atoms. The Kier molecular flexibility index (Phi) is 3.67. The SMILES string of the molecule is CNC(c1cscc1C)C1CCCc2cccnc21. The number of rotatable bonds is 3. The number of thiophene rings is 1. The number of nitrogens with one attached hydrogen (secondary N) is 1. The van der Waals surface area contributed by atoms with E-state index in [1.165, 1.54) is 41.6 Å².